The van der Waals surface area contributed by atoms with Gasteiger partial charge in [0, 0.05) is 47.7 Å². The van der Waals surface area contributed by atoms with Crippen molar-refractivity contribution in [2.24, 2.45) is 0 Å². The fraction of sp³-hybridized carbons (Fsp3) is 0.259. The maximum absolute atomic E-state index is 13.5. The number of hydrogen-bond donors (Lipinski definition) is 3. The Balaban J connectivity index is 0.000000233. The number of nitrogens with zero attached hydrogens (tertiary/aromatic N) is 1. The maximum Gasteiger partial charge on any atom is 0.488 e. The van der Waals surface area contributed by atoms with Crippen LogP contribution in [0.5, 0.6) is 0 Å². The largest absolute Gasteiger partial charge is 0.488 e. The normalized spacial score (nSPS) is 15.7. The summed E-state index contributed by atoms with van der Waals surface area (Å²) in [5.74, 6) is -2.75. The molecule has 188 valence electrons. The molecule has 4 aromatic rings. The lowest BCUT2D eigenvalue weighted by Crippen LogP contribution is -2.30. The van der Waals surface area contributed by atoms with Crippen molar-refractivity contribution >= 4 is 23.5 Å². The van der Waals surface area contributed by atoms with E-state index in [-0.39, 0.29) is 5.46 Å². The number of aromatic nitrogens is 1. The molecule has 0 unspecified atom stereocenters. The molecule has 0 bridgehead atoms. The molecular weight excluding hydrogens is 471 g/mol. The first-order valence-corrected chi connectivity index (χ1v) is 11.8. The molecule has 0 spiro atoms. The zero-order valence-corrected chi connectivity index (χ0v) is 19.8. The Bertz CT molecular complexity index is 1300. The minimum atomic E-state index is -1.83. The second-order valence-electron chi connectivity index (χ2n) is 9.11. The third-order valence-corrected chi connectivity index (χ3v) is 6.41. The van der Waals surface area contributed by atoms with E-state index in [2.05, 4.69) is 22.9 Å². The van der Waals surface area contributed by atoms with Crippen LogP contribution in [0.15, 0.2) is 60.7 Å². The van der Waals surface area contributed by atoms with E-state index < -0.39 is 30.4 Å². The molecule has 1 atom stereocenters. The van der Waals surface area contributed by atoms with Crippen molar-refractivity contribution in [1.82, 2.24) is 9.88 Å². The third kappa shape index (κ3) is 6.54. The number of aromatic amines is 1. The van der Waals surface area contributed by atoms with Crippen LogP contribution in [-0.4, -0.2) is 46.2 Å². The fourth-order valence-electron chi connectivity index (χ4n) is 4.54. The molecule has 0 saturated carbocycles. The van der Waals surface area contributed by atoms with Crippen LogP contribution < -0.4 is 5.46 Å². The van der Waals surface area contributed by atoms with Gasteiger partial charge in [0.1, 0.15) is 23.3 Å². The molecule has 0 amide bonds. The highest BCUT2D eigenvalue weighted by atomic mass is 19.1. The summed E-state index contributed by atoms with van der Waals surface area (Å²) in [5.41, 5.74) is 3.46. The molecule has 36 heavy (non-hydrogen) atoms. The van der Waals surface area contributed by atoms with E-state index in [1.165, 1.54) is 37.2 Å². The number of nitrogens with one attached hydrogen (secondary N) is 1. The molecule has 1 fully saturated rings. The predicted octanol–water partition coefficient (Wildman–Crippen LogP) is 4.78. The van der Waals surface area contributed by atoms with Gasteiger partial charge in [-0.15, -0.1) is 0 Å². The van der Waals surface area contributed by atoms with Gasteiger partial charge in [-0.05, 0) is 85.4 Å². The highest BCUT2D eigenvalue weighted by molar-refractivity contribution is 6.58. The molecule has 1 aromatic heterocycles. The minimum absolute atomic E-state index is 0.192. The zero-order valence-electron chi connectivity index (χ0n) is 19.8. The van der Waals surface area contributed by atoms with Crippen molar-refractivity contribution in [2.75, 3.05) is 13.1 Å². The van der Waals surface area contributed by atoms with Crippen molar-refractivity contribution in [3.05, 3.63) is 89.6 Å². The number of H-pyrrole nitrogens is 1. The summed E-state index contributed by atoms with van der Waals surface area (Å²) < 4.78 is 51.6. The van der Waals surface area contributed by atoms with Crippen LogP contribution in [0.3, 0.4) is 0 Å². The topological polar surface area (TPSA) is 59.5 Å². The van der Waals surface area contributed by atoms with E-state index in [0.717, 1.165) is 47.6 Å². The van der Waals surface area contributed by atoms with Gasteiger partial charge in [0.25, 0.3) is 0 Å². The maximum atomic E-state index is 13.5. The Morgan fingerprint density at radius 3 is 2.08 bits per heavy atom. The molecule has 0 aliphatic carbocycles. The third-order valence-electron chi connectivity index (χ3n) is 6.41. The van der Waals surface area contributed by atoms with E-state index in [4.69, 9.17) is 10.0 Å². The first kappa shape index (κ1) is 25.9. The molecule has 9 heteroatoms. The molecule has 0 radical (unpaired) electrons. The average molecular weight is 498 g/mol. The van der Waals surface area contributed by atoms with Crippen molar-refractivity contribution < 1.29 is 27.6 Å². The van der Waals surface area contributed by atoms with Crippen LogP contribution >= 0.6 is 0 Å². The summed E-state index contributed by atoms with van der Waals surface area (Å²) in [6, 6.07) is 14.7. The second-order valence-corrected chi connectivity index (χ2v) is 9.11. The van der Waals surface area contributed by atoms with Gasteiger partial charge in [0.05, 0.1) is 0 Å². The number of fused-ring (bicyclic) bond motifs is 1. The molecule has 4 nitrogen and oxygen atoms in total. The van der Waals surface area contributed by atoms with E-state index >= 15 is 0 Å². The molecule has 1 aliphatic heterocycles. The van der Waals surface area contributed by atoms with Crippen molar-refractivity contribution in [1.29, 1.82) is 0 Å². The smallest absolute Gasteiger partial charge is 0.423 e. The molecule has 3 N–H and O–H groups in total. The van der Waals surface area contributed by atoms with Crippen molar-refractivity contribution in [3.63, 3.8) is 0 Å². The highest BCUT2D eigenvalue weighted by Gasteiger charge is 2.19. The summed E-state index contributed by atoms with van der Waals surface area (Å²) in [6.45, 7) is 4.55. The van der Waals surface area contributed by atoms with Crippen LogP contribution in [0.2, 0.25) is 0 Å². The van der Waals surface area contributed by atoms with Gasteiger partial charge in [-0.25, -0.2) is 17.6 Å². The molecule has 3 aromatic carbocycles. The zero-order chi connectivity index (χ0) is 25.8. The van der Waals surface area contributed by atoms with Crippen molar-refractivity contribution in [3.8, 4) is 11.1 Å². The van der Waals surface area contributed by atoms with Gasteiger partial charge >= 0.3 is 7.12 Å². The Morgan fingerprint density at radius 1 is 0.861 bits per heavy atom. The Kier molecular flexibility index (Phi) is 8.13. The Hall–Kier alpha value is -3.14. The van der Waals surface area contributed by atoms with Crippen LogP contribution in [0.25, 0.3) is 22.0 Å². The first-order chi connectivity index (χ1) is 17.2. The van der Waals surface area contributed by atoms with E-state index in [1.54, 1.807) is 0 Å². The number of halogens is 4. The van der Waals surface area contributed by atoms with Gasteiger partial charge in [-0.3, -0.25) is 0 Å². The van der Waals surface area contributed by atoms with Gasteiger partial charge in [0.2, 0.25) is 0 Å². The summed E-state index contributed by atoms with van der Waals surface area (Å²) >= 11 is 0. The molecule has 5 rings (SSSR count). The number of rotatable bonds is 5. The van der Waals surface area contributed by atoms with Crippen molar-refractivity contribution in [2.45, 2.75) is 32.2 Å². The summed E-state index contributed by atoms with van der Waals surface area (Å²) in [4.78, 5) is 6.00. The summed E-state index contributed by atoms with van der Waals surface area (Å²) in [6.07, 6.45) is 3.57. The Morgan fingerprint density at radius 2 is 1.50 bits per heavy atom. The molecule has 2 heterocycles. The molecular formula is C27H27BF4N2O2. The van der Waals surface area contributed by atoms with Gasteiger partial charge in [0.15, 0.2) is 0 Å². The number of likely N-dealkylation sites (tertiary alicyclic amines) is 1. The summed E-state index contributed by atoms with van der Waals surface area (Å²) in [5, 5.41) is 18.1. The van der Waals surface area contributed by atoms with Crippen LogP contribution in [0.4, 0.5) is 17.6 Å². The van der Waals surface area contributed by atoms with Gasteiger partial charge in [-0.1, -0.05) is 6.07 Å². The standard InChI is InChI=1S/C21H22F2N2.C6H5BF2O2/c1-14-3-2-7-25(14)8-6-20-12-17-9-15(4-5-21(17)24-20)16-10-18(22)13-19(23)11-16;8-5-1-4(7(10)11)2-6(9)3-5/h4-5,9-14,24H,2-3,6-8H2,1H3;1-3,10-11H/t14-;/m1./s1. The second kappa shape index (κ2) is 11.3. The average Bonchev–Trinajstić information content (AvgIpc) is 3.41. The lowest BCUT2D eigenvalue weighted by Gasteiger charge is -2.20. The number of hydrogen-bond acceptors (Lipinski definition) is 3. The van der Waals surface area contributed by atoms with E-state index in [0.29, 0.717) is 17.7 Å². The monoisotopic (exact) mass is 498 g/mol. The fourth-order valence-corrected chi connectivity index (χ4v) is 4.54. The lowest BCUT2D eigenvalue weighted by molar-refractivity contribution is 0.271. The number of benzene rings is 3. The van der Waals surface area contributed by atoms with Crippen LogP contribution in [0, 0.1) is 23.3 Å². The molecule has 1 aliphatic rings. The van der Waals surface area contributed by atoms with Gasteiger partial charge in [-0.2, -0.15) is 0 Å². The first-order valence-electron chi connectivity index (χ1n) is 11.8. The quantitative estimate of drug-likeness (QED) is 0.274. The van der Waals surface area contributed by atoms with Gasteiger partial charge < -0.3 is 19.9 Å². The highest BCUT2D eigenvalue weighted by Crippen LogP contribution is 2.27. The van der Waals surface area contributed by atoms with Crippen LogP contribution in [-0.2, 0) is 6.42 Å². The molecule has 1 saturated heterocycles. The SMILES string of the molecule is C[C@@H]1CCCN1CCc1cc2cc(-c3cc(F)cc(F)c3)ccc2[nH]1.OB(O)c1cc(F)cc(F)c1. The minimum Gasteiger partial charge on any atom is -0.423 e. The van der Waals surface area contributed by atoms with E-state index in [9.17, 15) is 17.6 Å². The predicted molar refractivity (Wildman–Crippen MR) is 134 cm³/mol. The Labute approximate surface area is 207 Å². The summed E-state index contributed by atoms with van der Waals surface area (Å²) in [7, 11) is -1.83. The lowest BCUT2D eigenvalue weighted by atomic mass is 9.80. The van der Waals surface area contributed by atoms with E-state index in [1.807, 2.05) is 18.2 Å². The van der Waals surface area contributed by atoms with Crippen LogP contribution in [0.1, 0.15) is 25.5 Å².